The van der Waals surface area contributed by atoms with E-state index >= 15 is 0 Å². The molecule has 23 heavy (non-hydrogen) atoms. The summed E-state index contributed by atoms with van der Waals surface area (Å²) in [5.41, 5.74) is 3.46. The fourth-order valence-electron chi connectivity index (χ4n) is 4.45. The van der Waals surface area contributed by atoms with Gasteiger partial charge in [0.15, 0.2) is 0 Å². The minimum absolute atomic E-state index is 0.192. The van der Waals surface area contributed by atoms with Gasteiger partial charge in [-0.3, -0.25) is 0 Å². The van der Waals surface area contributed by atoms with E-state index in [1.54, 1.807) is 0 Å². The summed E-state index contributed by atoms with van der Waals surface area (Å²) in [6.45, 7) is 10.8. The van der Waals surface area contributed by atoms with Gasteiger partial charge in [-0.05, 0) is 62.1 Å². The third-order valence-electron chi connectivity index (χ3n) is 5.76. The molecule has 0 amide bonds. The van der Waals surface area contributed by atoms with Gasteiger partial charge in [-0.1, -0.05) is 38.8 Å². The number of benzene rings is 1. The highest BCUT2D eigenvalue weighted by Gasteiger charge is 2.47. The summed E-state index contributed by atoms with van der Waals surface area (Å²) >= 11 is 0. The number of hydrogen-bond donors (Lipinski definition) is 1. The number of rotatable bonds is 5. The molecule has 1 heterocycles. The largest absolute Gasteiger partial charge is 0.508 e. The molecule has 3 rings (SSSR count). The zero-order chi connectivity index (χ0) is 16.6. The van der Waals surface area contributed by atoms with Crippen molar-refractivity contribution in [1.29, 1.82) is 0 Å². The van der Waals surface area contributed by atoms with Crippen molar-refractivity contribution in [3.63, 3.8) is 0 Å². The van der Waals surface area contributed by atoms with Gasteiger partial charge in [0.2, 0.25) is 0 Å². The summed E-state index contributed by atoms with van der Waals surface area (Å²) in [5.74, 6) is 2.59. The molecular weight excluding hydrogens is 284 g/mol. The molecule has 0 spiro atoms. The first kappa shape index (κ1) is 16.4. The normalized spacial score (nSPS) is 28.8. The van der Waals surface area contributed by atoms with Gasteiger partial charge in [0.1, 0.15) is 17.6 Å². The van der Waals surface area contributed by atoms with Crippen molar-refractivity contribution in [3.05, 3.63) is 35.4 Å². The smallest absolute Gasteiger partial charge is 0.127 e. The maximum absolute atomic E-state index is 10.7. The zero-order valence-electron chi connectivity index (χ0n) is 14.8. The number of phenols is 1. The fraction of sp³-hybridized carbons (Fsp3) is 0.619. The molecule has 2 unspecified atom stereocenters. The van der Waals surface area contributed by atoms with Gasteiger partial charge in [0.05, 0.1) is 0 Å². The lowest BCUT2D eigenvalue weighted by molar-refractivity contribution is 0.0864. The number of allylic oxidation sites excluding steroid dienone is 1. The summed E-state index contributed by atoms with van der Waals surface area (Å²) in [7, 11) is 0. The first-order valence-electron chi connectivity index (χ1n) is 9.20. The number of unbranched alkanes of at least 4 members (excludes halogenated alkanes) is 2. The van der Waals surface area contributed by atoms with Crippen LogP contribution in [0.15, 0.2) is 24.3 Å². The van der Waals surface area contributed by atoms with Gasteiger partial charge in [-0.2, -0.15) is 0 Å². The standard InChI is InChI=1S/C21H30O2/c1-5-6-7-8-15-11-17(22)20-18(12-15)23-21-14(4)9-10-16(13(2)3)19(20)21/h11-12,14,16,19,21-22H,2,5-10H2,1,3-4H3/t14-,16+,19?,21?/m1/s1. The predicted octanol–water partition coefficient (Wildman–Crippen LogP) is 5.59. The fourth-order valence-corrected chi connectivity index (χ4v) is 4.45. The Hall–Kier alpha value is -1.44. The van der Waals surface area contributed by atoms with Crippen LogP contribution in [0.2, 0.25) is 0 Å². The molecule has 1 aliphatic carbocycles. The Morgan fingerprint density at radius 3 is 2.78 bits per heavy atom. The molecule has 4 atom stereocenters. The van der Waals surface area contributed by atoms with E-state index in [0.29, 0.717) is 17.6 Å². The highest BCUT2D eigenvalue weighted by Crippen LogP contribution is 2.55. The molecule has 1 aromatic rings. The monoisotopic (exact) mass is 314 g/mol. The van der Waals surface area contributed by atoms with E-state index in [0.717, 1.165) is 24.2 Å². The van der Waals surface area contributed by atoms with E-state index in [1.807, 2.05) is 6.07 Å². The topological polar surface area (TPSA) is 29.5 Å². The van der Waals surface area contributed by atoms with Crippen LogP contribution in [0.25, 0.3) is 0 Å². The van der Waals surface area contributed by atoms with Crippen LogP contribution >= 0.6 is 0 Å². The van der Waals surface area contributed by atoms with E-state index in [-0.39, 0.29) is 12.0 Å². The number of aromatic hydroxyl groups is 1. The molecule has 1 aliphatic heterocycles. The van der Waals surface area contributed by atoms with Gasteiger partial charge in [-0.15, -0.1) is 0 Å². The molecule has 1 aromatic carbocycles. The number of phenolic OH excluding ortho intramolecular Hbond substituents is 1. The van der Waals surface area contributed by atoms with E-state index in [1.165, 1.54) is 36.8 Å². The second kappa shape index (κ2) is 6.59. The predicted molar refractivity (Wildman–Crippen MR) is 95.2 cm³/mol. The zero-order valence-corrected chi connectivity index (χ0v) is 14.8. The summed E-state index contributed by atoms with van der Waals surface area (Å²) in [5, 5.41) is 10.7. The Kier molecular flexibility index (Phi) is 4.70. The minimum atomic E-state index is 0.192. The summed E-state index contributed by atoms with van der Waals surface area (Å²) in [4.78, 5) is 0. The summed E-state index contributed by atoms with van der Waals surface area (Å²) in [6, 6.07) is 4.14. The lowest BCUT2D eigenvalue weighted by atomic mass is 9.68. The lowest BCUT2D eigenvalue weighted by Crippen LogP contribution is -2.36. The second-order valence-electron chi connectivity index (χ2n) is 7.60. The van der Waals surface area contributed by atoms with Gasteiger partial charge >= 0.3 is 0 Å². The number of hydrogen-bond acceptors (Lipinski definition) is 2. The van der Waals surface area contributed by atoms with Crippen molar-refractivity contribution in [2.45, 2.75) is 71.3 Å². The minimum Gasteiger partial charge on any atom is -0.508 e. The van der Waals surface area contributed by atoms with Crippen LogP contribution in [0.4, 0.5) is 0 Å². The lowest BCUT2D eigenvalue weighted by Gasteiger charge is -2.37. The van der Waals surface area contributed by atoms with Gasteiger partial charge < -0.3 is 9.84 Å². The van der Waals surface area contributed by atoms with E-state index in [2.05, 4.69) is 33.4 Å². The number of aryl methyl sites for hydroxylation is 1. The van der Waals surface area contributed by atoms with Crippen LogP contribution in [0, 0.1) is 11.8 Å². The van der Waals surface area contributed by atoms with Crippen LogP contribution in [0.3, 0.4) is 0 Å². The van der Waals surface area contributed by atoms with Gasteiger partial charge in [-0.25, -0.2) is 0 Å². The van der Waals surface area contributed by atoms with Crippen LogP contribution in [0.5, 0.6) is 11.5 Å². The first-order chi connectivity index (χ1) is 11.0. The molecule has 126 valence electrons. The highest BCUT2D eigenvalue weighted by molar-refractivity contribution is 5.54. The molecule has 0 saturated heterocycles. The molecule has 0 aromatic heterocycles. The Labute approximate surface area is 140 Å². The number of fused-ring (bicyclic) bond motifs is 3. The maximum atomic E-state index is 10.7. The van der Waals surface area contributed by atoms with Crippen LogP contribution in [-0.2, 0) is 6.42 Å². The maximum Gasteiger partial charge on any atom is 0.127 e. The van der Waals surface area contributed by atoms with Gasteiger partial charge in [0, 0.05) is 11.5 Å². The van der Waals surface area contributed by atoms with Crippen molar-refractivity contribution in [1.82, 2.24) is 0 Å². The Bertz CT molecular complexity index is 590. The van der Waals surface area contributed by atoms with Crippen LogP contribution in [0.1, 0.15) is 69.9 Å². The third-order valence-corrected chi connectivity index (χ3v) is 5.76. The van der Waals surface area contributed by atoms with Crippen molar-refractivity contribution in [2.75, 3.05) is 0 Å². The molecule has 1 fully saturated rings. The average molecular weight is 314 g/mol. The molecule has 2 aliphatic rings. The first-order valence-corrected chi connectivity index (χ1v) is 9.20. The SMILES string of the molecule is C=C(C)[C@@H]1CC[C@@H](C)C2Oc3cc(CCCCC)cc(O)c3C21. The van der Waals surface area contributed by atoms with Crippen molar-refractivity contribution in [3.8, 4) is 11.5 Å². The molecule has 1 N–H and O–H groups in total. The molecule has 0 radical (unpaired) electrons. The third kappa shape index (κ3) is 3.00. The van der Waals surface area contributed by atoms with Crippen molar-refractivity contribution >= 4 is 0 Å². The molecular formula is C21H30O2. The average Bonchev–Trinajstić information content (AvgIpc) is 2.88. The van der Waals surface area contributed by atoms with Crippen molar-refractivity contribution in [2.24, 2.45) is 11.8 Å². The number of ether oxygens (including phenoxy) is 1. The van der Waals surface area contributed by atoms with Gasteiger partial charge in [0.25, 0.3) is 0 Å². The van der Waals surface area contributed by atoms with Crippen molar-refractivity contribution < 1.29 is 9.84 Å². The summed E-state index contributed by atoms with van der Waals surface area (Å²) in [6.07, 6.45) is 7.17. The highest BCUT2D eigenvalue weighted by atomic mass is 16.5. The molecule has 2 heteroatoms. The summed E-state index contributed by atoms with van der Waals surface area (Å²) < 4.78 is 6.33. The molecule has 1 saturated carbocycles. The Balaban J connectivity index is 1.92. The van der Waals surface area contributed by atoms with E-state index in [9.17, 15) is 5.11 Å². The molecule has 0 bridgehead atoms. The Morgan fingerprint density at radius 2 is 2.09 bits per heavy atom. The quantitative estimate of drug-likeness (QED) is 0.567. The van der Waals surface area contributed by atoms with E-state index < -0.39 is 0 Å². The van der Waals surface area contributed by atoms with E-state index in [4.69, 9.17) is 4.74 Å². The Morgan fingerprint density at radius 1 is 1.30 bits per heavy atom. The van der Waals surface area contributed by atoms with Crippen LogP contribution in [-0.4, -0.2) is 11.2 Å². The molecule has 2 nitrogen and oxygen atoms in total. The second-order valence-corrected chi connectivity index (χ2v) is 7.60. The van der Waals surface area contributed by atoms with Crippen LogP contribution < -0.4 is 4.74 Å².